The highest BCUT2D eigenvalue weighted by molar-refractivity contribution is 5.97. The minimum atomic E-state index is -0.597. The predicted molar refractivity (Wildman–Crippen MR) is 76.6 cm³/mol. The van der Waals surface area contributed by atoms with E-state index in [-0.39, 0.29) is 17.7 Å². The van der Waals surface area contributed by atoms with Crippen molar-refractivity contribution < 1.29 is 19.1 Å². The zero-order valence-electron chi connectivity index (χ0n) is 12.4. The van der Waals surface area contributed by atoms with Crippen LogP contribution in [-0.4, -0.2) is 47.1 Å². The van der Waals surface area contributed by atoms with E-state index >= 15 is 0 Å². The van der Waals surface area contributed by atoms with Crippen molar-refractivity contribution in [1.82, 2.24) is 10.2 Å². The van der Waals surface area contributed by atoms with Gasteiger partial charge in [0.15, 0.2) is 0 Å². The number of nitrogens with zero attached hydrogens (tertiary/aromatic N) is 1. The van der Waals surface area contributed by atoms with E-state index < -0.39 is 12.1 Å². The zero-order valence-corrected chi connectivity index (χ0v) is 12.4. The summed E-state index contributed by atoms with van der Waals surface area (Å²) in [7, 11) is 0. The summed E-state index contributed by atoms with van der Waals surface area (Å²) in [6, 6.07) is 0.955. The van der Waals surface area contributed by atoms with E-state index in [0.717, 1.165) is 12.8 Å². The van der Waals surface area contributed by atoms with Gasteiger partial charge in [-0.05, 0) is 32.8 Å². The third kappa shape index (κ3) is 3.85. The Morgan fingerprint density at radius 2 is 2.24 bits per heavy atom. The zero-order chi connectivity index (χ0) is 15.4. The van der Waals surface area contributed by atoms with Crippen molar-refractivity contribution in [3.8, 4) is 0 Å². The molecule has 0 aliphatic carbocycles. The number of amides is 2. The summed E-state index contributed by atoms with van der Waals surface area (Å²) < 4.78 is 4.85. The largest absolute Gasteiger partial charge is 0.472 e. The third-order valence-electron chi connectivity index (χ3n) is 3.95. The summed E-state index contributed by atoms with van der Waals surface area (Å²) in [4.78, 5) is 26.0. The van der Waals surface area contributed by atoms with Crippen molar-refractivity contribution in [3.63, 3.8) is 0 Å². The number of carbonyl (C=O) groups excluding carboxylic acids is 2. The summed E-state index contributed by atoms with van der Waals surface area (Å²) in [6.07, 6.45) is 4.15. The van der Waals surface area contributed by atoms with Crippen LogP contribution in [0.5, 0.6) is 0 Å². The maximum atomic E-state index is 12.4. The van der Waals surface area contributed by atoms with Crippen LogP contribution in [-0.2, 0) is 4.79 Å². The second kappa shape index (κ2) is 6.76. The molecule has 21 heavy (non-hydrogen) atoms. The van der Waals surface area contributed by atoms with Gasteiger partial charge < -0.3 is 19.7 Å². The molecule has 2 rings (SSSR count). The molecule has 0 bridgehead atoms. The van der Waals surface area contributed by atoms with Crippen molar-refractivity contribution in [2.45, 2.75) is 38.8 Å². The van der Waals surface area contributed by atoms with Gasteiger partial charge in [0.2, 0.25) is 5.91 Å². The number of likely N-dealkylation sites (tertiary alicyclic amines) is 1. The molecule has 2 heterocycles. The molecule has 0 aromatic carbocycles. The van der Waals surface area contributed by atoms with Crippen LogP contribution < -0.4 is 5.32 Å². The Hall–Kier alpha value is -1.82. The van der Waals surface area contributed by atoms with E-state index in [1.54, 1.807) is 24.8 Å². The van der Waals surface area contributed by atoms with E-state index in [1.165, 1.54) is 12.5 Å². The van der Waals surface area contributed by atoms with E-state index in [4.69, 9.17) is 4.42 Å². The Balaban J connectivity index is 1.91. The number of hydrogen-bond acceptors (Lipinski definition) is 4. The Kier molecular flexibility index (Phi) is 5.01. The predicted octanol–water partition coefficient (Wildman–Crippen LogP) is 1.02. The molecule has 0 radical (unpaired) electrons. The molecule has 1 aliphatic heterocycles. The Morgan fingerprint density at radius 1 is 1.48 bits per heavy atom. The number of rotatable bonds is 4. The molecule has 1 fully saturated rings. The molecule has 1 aromatic heterocycles. The standard InChI is InChI=1S/C15H22N2O4/c1-10(16-14(19)13-5-7-21-9-13)15(20)17-6-3-4-12(8-17)11(2)18/h5,7,9-12,18H,3-4,6,8H2,1-2H3,(H,16,19). The minimum absolute atomic E-state index is 0.111. The van der Waals surface area contributed by atoms with Gasteiger partial charge in [-0.2, -0.15) is 0 Å². The highest BCUT2D eigenvalue weighted by atomic mass is 16.3. The monoisotopic (exact) mass is 294 g/mol. The lowest BCUT2D eigenvalue weighted by molar-refractivity contribution is -0.135. The molecule has 1 aromatic rings. The first kappa shape index (κ1) is 15.6. The maximum absolute atomic E-state index is 12.4. The van der Waals surface area contributed by atoms with Crippen LogP contribution in [0.1, 0.15) is 37.0 Å². The van der Waals surface area contributed by atoms with Gasteiger partial charge in [-0.3, -0.25) is 9.59 Å². The SMILES string of the molecule is CC(NC(=O)c1ccoc1)C(=O)N1CCCC(C(C)O)C1. The average Bonchev–Trinajstić information content (AvgIpc) is 3.00. The lowest BCUT2D eigenvalue weighted by Crippen LogP contribution is -2.51. The molecule has 2 amide bonds. The number of piperidine rings is 1. The van der Waals surface area contributed by atoms with Crippen LogP contribution in [0.25, 0.3) is 0 Å². The number of nitrogens with one attached hydrogen (secondary N) is 1. The molecule has 3 unspecified atom stereocenters. The highest BCUT2D eigenvalue weighted by Gasteiger charge is 2.29. The average molecular weight is 294 g/mol. The summed E-state index contributed by atoms with van der Waals surface area (Å²) in [6.45, 7) is 4.64. The molecule has 1 aliphatic rings. The number of carbonyl (C=O) groups is 2. The first-order chi connectivity index (χ1) is 9.99. The molecule has 0 saturated carbocycles. The summed E-state index contributed by atoms with van der Waals surface area (Å²) in [5, 5.41) is 12.3. The molecule has 2 N–H and O–H groups in total. The molecule has 3 atom stereocenters. The fraction of sp³-hybridized carbons (Fsp3) is 0.600. The topological polar surface area (TPSA) is 82.8 Å². The van der Waals surface area contributed by atoms with Gasteiger partial charge in [0, 0.05) is 19.0 Å². The van der Waals surface area contributed by atoms with Gasteiger partial charge >= 0.3 is 0 Å². The van der Waals surface area contributed by atoms with E-state index in [1.807, 2.05) is 0 Å². The Morgan fingerprint density at radius 3 is 2.86 bits per heavy atom. The van der Waals surface area contributed by atoms with Crippen LogP contribution in [0.15, 0.2) is 23.0 Å². The highest BCUT2D eigenvalue weighted by Crippen LogP contribution is 2.20. The number of hydrogen-bond donors (Lipinski definition) is 2. The Bertz CT molecular complexity index is 484. The summed E-state index contributed by atoms with van der Waals surface area (Å²) >= 11 is 0. The van der Waals surface area contributed by atoms with Crippen molar-refractivity contribution in [1.29, 1.82) is 0 Å². The molecular weight excluding hydrogens is 272 g/mol. The molecular formula is C15H22N2O4. The maximum Gasteiger partial charge on any atom is 0.255 e. The molecule has 1 saturated heterocycles. The van der Waals surface area contributed by atoms with Crippen LogP contribution in [0.4, 0.5) is 0 Å². The van der Waals surface area contributed by atoms with E-state index in [0.29, 0.717) is 18.7 Å². The minimum Gasteiger partial charge on any atom is -0.472 e. The van der Waals surface area contributed by atoms with Gasteiger partial charge in [-0.25, -0.2) is 0 Å². The van der Waals surface area contributed by atoms with Gasteiger partial charge in [-0.15, -0.1) is 0 Å². The quantitative estimate of drug-likeness (QED) is 0.868. The van der Waals surface area contributed by atoms with E-state index in [9.17, 15) is 14.7 Å². The number of furan rings is 1. The van der Waals surface area contributed by atoms with Crippen molar-refractivity contribution >= 4 is 11.8 Å². The van der Waals surface area contributed by atoms with Crippen LogP contribution in [0.2, 0.25) is 0 Å². The van der Waals surface area contributed by atoms with Crippen LogP contribution in [0.3, 0.4) is 0 Å². The van der Waals surface area contributed by atoms with Gasteiger partial charge in [0.1, 0.15) is 12.3 Å². The number of aliphatic hydroxyl groups is 1. The first-order valence-electron chi connectivity index (χ1n) is 7.29. The van der Waals surface area contributed by atoms with Crippen molar-refractivity contribution in [2.75, 3.05) is 13.1 Å². The third-order valence-corrected chi connectivity index (χ3v) is 3.95. The van der Waals surface area contributed by atoms with Gasteiger partial charge in [-0.1, -0.05) is 0 Å². The normalized spacial score (nSPS) is 21.7. The van der Waals surface area contributed by atoms with Crippen molar-refractivity contribution in [2.24, 2.45) is 5.92 Å². The second-order valence-electron chi connectivity index (χ2n) is 5.63. The molecule has 0 spiro atoms. The lowest BCUT2D eigenvalue weighted by Gasteiger charge is -2.35. The Labute approximate surface area is 124 Å². The van der Waals surface area contributed by atoms with Gasteiger partial charge in [0.05, 0.1) is 17.9 Å². The fourth-order valence-electron chi connectivity index (χ4n) is 2.61. The van der Waals surface area contributed by atoms with Crippen molar-refractivity contribution in [3.05, 3.63) is 24.2 Å². The lowest BCUT2D eigenvalue weighted by atomic mass is 9.93. The fourth-order valence-corrected chi connectivity index (χ4v) is 2.61. The second-order valence-corrected chi connectivity index (χ2v) is 5.63. The molecule has 116 valence electrons. The molecule has 6 heteroatoms. The smallest absolute Gasteiger partial charge is 0.255 e. The summed E-state index contributed by atoms with van der Waals surface area (Å²) in [5.74, 6) is -0.328. The first-order valence-corrected chi connectivity index (χ1v) is 7.29. The number of aliphatic hydroxyl groups excluding tert-OH is 1. The summed E-state index contributed by atoms with van der Waals surface area (Å²) in [5.41, 5.74) is 0.398. The van der Waals surface area contributed by atoms with Crippen LogP contribution in [0, 0.1) is 5.92 Å². The van der Waals surface area contributed by atoms with Gasteiger partial charge in [0.25, 0.3) is 5.91 Å². The van der Waals surface area contributed by atoms with Crippen LogP contribution >= 0.6 is 0 Å². The molecule has 6 nitrogen and oxygen atoms in total. The van der Waals surface area contributed by atoms with E-state index in [2.05, 4.69) is 5.32 Å².